The van der Waals surface area contributed by atoms with Crippen LogP contribution in [-0.4, -0.2) is 51.9 Å². The van der Waals surface area contributed by atoms with Crippen LogP contribution in [0, 0.1) is 5.82 Å². The van der Waals surface area contributed by atoms with Crippen LogP contribution in [0.3, 0.4) is 0 Å². The fourth-order valence-electron chi connectivity index (χ4n) is 1.65. The minimum atomic E-state index is -0.786. The monoisotopic (exact) mass is 302 g/mol. The maximum Gasteiger partial charge on any atom is 0.125 e. The first-order valence-electron chi connectivity index (χ1n) is 6.90. The molecule has 0 fully saturated rings. The molecule has 0 saturated heterocycles. The van der Waals surface area contributed by atoms with Gasteiger partial charge in [-0.1, -0.05) is 0 Å². The Hall–Kier alpha value is -1.21. The van der Waals surface area contributed by atoms with Gasteiger partial charge in [-0.3, -0.25) is 0 Å². The number of methoxy groups -OCH3 is 1. The van der Waals surface area contributed by atoms with E-state index in [0.717, 1.165) is 0 Å². The van der Waals surface area contributed by atoms with Gasteiger partial charge in [0, 0.05) is 12.7 Å². The summed E-state index contributed by atoms with van der Waals surface area (Å²) in [6.45, 7) is 4.36. The zero-order chi connectivity index (χ0) is 15.5. The summed E-state index contributed by atoms with van der Waals surface area (Å²) in [5, 5.41) is 9.57. The average molecular weight is 302 g/mol. The highest BCUT2D eigenvalue weighted by Crippen LogP contribution is 2.25. The van der Waals surface area contributed by atoms with E-state index in [2.05, 4.69) is 0 Å². The van der Waals surface area contributed by atoms with E-state index in [1.807, 2.05) is 0 Å². The van der Waals surface area contributed by atoms with Gasteiger partial charge in [-0.15, -0.1) is 0 Å². The molecule has 1 N–H and O–H groups in total. The third kappa shape index (κ3) is 7.38. The standard InChI is InChI=1S/C15H23FO5/c1-12(17)14-11-13(16)3-4-15(14)21-10-9-20-8-7-19-6-5-18-2/h3-4,11-12,17H,5-10H2,1-2H3/t12-/m1/s1. The SMILES string of the molecule is COCCOCCOCCOc1ccc(F)cc1[C@@H](C)O. The molecule has 21 heavy (non-hydrogen) atoms. The van der Waals surface area contributed by atoms with Crippen LogP contribution in [0.1, 0.15) is 18.6 Å². The predicted molar refractivity (Wildman–Crippen MR) is 76.0 cm³/mol. The van der Waals surface area contributed by atoms with Crippen LogP contribution in [0.5, 0.6) is 5.75 Å². The molecule has 1 aromatic rings. The van der Waals surface area contributed by atoms with Gasteiger partial charge in [-0.05, 0) is 25.1 Å². The molecule has 120 valence electrons. The second kappa shape index (κ2) is 10.5. The first kappa shape index (κ1) is 17.8. The molecule has 1 rings (SSSR count). The minimum absolute atomic E-state index is 0.323. The fraction of sp³-hybridized carbons (Fsp3) is 0.600. The molecule has 1 atom stereocenters. The topological polar surface area (TPSA) is 57.2 Å². The van der Waals surface area contributed by atoms with Gasteiger partial charge < -0.3 is 24.1 Å². The number of benzene rings is 1. The number of rotatable bonds is 11. The van der Waals surface area contributed by atoms with Crippen LogP contribution in [0.15, 0.2) is 18.2 Å². The molecule has 0 spiro atoms. The maximum atomic E-state index is 13.1. The summed E-state index contributed by atoms with van der Waals surface area (Å²) < 4.78 is 34.0. The second-order valence-electron chi connectivity index (χ2n) is 4.42. The Morgan fingerprint density at radius 2 is 1.67 bits per heavy atom. The summed E-state index contributed by atoms with van der Waals surface area (Å²) in [6, 6.07) is 4.07. The van der Waals surface area contributed by atoms with Crippen molar-refractivity contribution in [2.24, 2.45) is 0 Å². The Bertz CT molecular complexity index is 398. The lowest BCUT2D eigenvalue weighted by molar-refractivity contribution is 0.0177. The van der Waals surface area contributed by atoms with Gasteiger partial charge in [0.05, 0.1) is 39.1 Å². The van der Waals surface area contributed by atoms with Crippen LogP contribution in [-0.2, 0) is 14.2 Å². The first-order chi connectivity index (χ1) is 10.1. The number of halogens is 1. The van der Waals surface area contributed by atoms with Gasteiger partial charge in [-0.2, -0.15) is 0 Å². The van der Waals surface area contributed by atoms with Crippen LogP contribution in [0.2, 0.25) is 0 Å². The van der Waals surface area contributed by atoms with Crippen molar-refractivity contribution in [3.05, 3.63) is 29.6 Å². The molecular formula is C15H23FO5. The summed E-state index contributed by atoms with van der Waals surface area (Å²) in [7, 11) is 1.62. The van der Waals surface area contributed by atoms with E-state index in [4.69, 9.17) is 18.9 Å². The molecule has 6 heteroatoms. The predicted octanol–water partition coefficient (Wildman–Crippen LogP) is 1.94. The summed E-state index contributed by atoms with van der Waals surface area (Å²) in [5.74, 6) is 0.0639. The van der Waals surface area contributed by atoms with E-state index in [-0.39, 0.29) is 0 Å². The largest absolute Gasteiger partial charge is 0.491 e. The Morgan fingerprint density at radius 1 is 1.05 bits per heavy atom. The summed E-state index contributed by atoms with van der Waals surface area (Å²) in [4.78, 5) is 0. The number of aliphatic hydroxyl groups is 1. The van der Waals surface area contributed by atoms with Crippen molar-refractivity contribution in [1.82, 2.24) is 0 Å². The van der Waals surface area contributed by atoms with E-state index in [1.54, 1.807) is 14.0 Å². The highest BCUT2D eigenvalue weighted by Gasteiger charge is 2.10. The molecule has 5 nitrogen and oxygen atoms in total. The number of hydrogen-bond acceptors (Lipinski definition) is 5. The average Bonchev–Trinajstić information content (AvgIpc) is 2.46. The van der Waals surface area contributed by atoms with Gasteiger partial charge in [-0.25, -0.2) is 4.39 Å². The molecule has 0 aliphatic rings. The molecule has 0 aromatic heterocycles. The van der Waals surface area contributed by atoms with Gasteiger partial charge in [0.1, 0.15) is 18.2 Å². The van der Waals surface area contributed by atoms with E-state index >= 15 is 0 Å². The van der Waals surface area contributed by atoms with Crippen molar-refractivity contribution in [1.29, 1.82) is 0 Å². The highest BCUT2D eigenvalue weighted by atomic mass is 19.1. The van der Waals surface area contributed by atoms with Crippen LogP contribution in [0.4, 0.5) is 4.39 Å². The molecule has 1 aromatic carbocycles. The smallest absolute Gasteiger partial charge is 0.125 e. The molecule has 0 heterocycles. The van der Waals surface area contributed by atoms with Crippen LogP contribution in [0.25, 0.3) is 0 Å². The quantitative estimate of drug-likeness (QED) is 0.633. The van der Waals surface area contributed by atoms with Crippen molar-refractivity contribution < 1.29 is 28.4 Å². The molecule has 0 aliphatic carbocycles. The van der Waals surface area contributed by atoms with Crippen molar-refractivity contribution >= 4 is 0 Å². The van der Waals surface area contributed by atoms with Crippen LogP contribution < -0.4 is 4.74 Å². The lowest BCUT2D eigenvalue weighted by Crippen LogP contribution is -2.13. The second-order valence-corrected chi connectivity index (χ2v) is 4.42. The van der Waals surface area contributed by atoms with Gasteiger partial charge in [0.2, 0.25) is 0 Å². The Labute approximate surface area is 124 Å². The van der Waals surface area contributed by atoms with Crippen LogP contribution >= 0.6 is 0 Å². The molecule has 0 bridgehead atoms. The summed E-state index contributed by atoms with van der Waals surface area (Å²) >= 11 is 0. The van der Waals surface area contributed by atoms with E-state index in [1.165, 1.54) is 18.2 Å². The Balaban J connectivity index is 2.18. The fourth-order valence-corrected chi connectivity index (χ4v) is 1.65. The van der Waals surface area contributed by atoms with Gasteiger partial charge >= 0.3 is 0 Å². The lowest BCUT2D eigenvalue weighted by Gasteiger charge is -2.13. The summed E-state index contributed by atoms with van der Waals surface area (Å²) in [5.41, 5.74) is 0.429. The molecule has 0 amide bonds. The molecule has 0 radical (unpaired) electrons. The molecule has 0 aliphatic heterocycles. The first-order valence-corrected chi connectivity index (χ1v) is 6.90. The third-order valence-corrected chi connectivity index (χ3v) is 2.71. The normalized spacial score (nSPS) is 12.4. The molecule has 0 unspecified atom stereocenters. The van der Waals surface area contributed by atoms with Gasteiger partial charge in [0.25, 0.3) is 0 Å². The third-order valence-electron chi connectivity index (χ3n) is 2.71. The number of aliphatic hydroxyl groups excluding tert-OH is 1. The molecule has 0 saturated carbocycles. The minimum Gasteiger partial charge on any atom is -0.491 e. The zero-order valence-corrected chi connectivity index (χ0v) is 12.5. The van der Waals surface area contributed by atoms with E-state index in [9.17, 15) is 9.50 Å². The van der Waals surface area contributed by atoms with Crippen molar-refractivity contribution in [2.75, 3.05) is 46.8 Å². The lowest BCUT2D eigenvalue weighted by atomic mass is 10.1. The highest BCUT2D eigenvalue weighted by molar-refractivity contribution is 5.35. The Kier molecular flexibility index (Phi) is 8.93. The zero-order valence-electron chi connectivity index (χ0n) is 12.5. The molecular weight excluding hydrogens is 279 g/mol. The van der Waals surface area contributed by atoms with Gasteiger partial charge in [0.15, 0.2) is 0 Å². The summed E-state index contributed by atoms with van der Waals surface area (Å²) in [6.07, 6.45) is -0.786. The number of ether oxygens (including phenoxy) is 4. The Morgan fingerprint density at radius 3 is 2.29 bits per heavy atom. The number of hydrogen-bond donors (Lipinski definition) is 1. The van der Waals surface area contributed by atoms with Crippen molar-refractivity contribution in [3.8, 4) is 5.75 Å². The van der Waals surface area contributed by atoms with E-state index < -0.39 is 11.9 Å². The van der Waals surface area contributed by atoms with Crippen molar-refractivity contribution in [2.45, 2.75) is 13.0 Å². The van der Waals surface area contributed by atoms with E-state index in [0.29, 0.717) is 51.0 Å². The maximum absolute atomic E-state index is 13.1. The van der Waals surface area contributed by atoms with Crippen molar-refractivity contribution in [3.63, 3.8) is 0 Å².